The molecule has 1 fully saturated rings. The second kappa shape index (κ2) is 7.58. The maximum Gasteiger partial charge on any atom is 0.343 e. The molecular formula is C23H25NO4. The number of aryl methyl sites for hydroxylation is 1. The predicted octanol–water partition coefficient (Wildman–Crippen LogP) is 4.16. The first-order valence-electron chi connectivity index (χ1n) is 9.40. The molecule has 0 aliphatic carbocycles. The first-order chi connectivity index (χ1) is 13.1. The molecule has 146 valence electrons. The van der Waals surface area contributed by atoms with Crippen molar-refractivity contribution in [1.29, 1.82) is 0 Å². The third kappa shape index (κ3) is 4.30. The summed E-state index contributed by atoms with van der Waals surface area (Å²) < 4.78 is 5.55. The van der Waals surface area contributed by atoms with Crippen molar-refractivity contribution < 1.29 is 19.1 Å². The van der Waals surface area contributed by atoms with Crippen LogP contribution >= 0.6 is 0 Å². The Morgan fingerprint density at radius 1 is 1.00 bits per heavy atom. The average Bonchev–Trinajstić information content (AvgIpc) is 2.95. The predicted molar refractivity (Wildman–Crippen MR) is 106 cm³/mol. The number of benzene rings is 2. The summed E-state index contributed by atoms with van der Waals surface area (Å²) in [5.74, 6) is -0.202. The minimum atomic E-state index is -0.438. The van der Waals surface area contributed by atoms with Gasteiger partial charge in [-0.1, -0.05) is 45.0 Å². The van der Waals surface area contributed by atoms with Crippen molar-refractivity contribution in [2.24, 2.45) is 0 Å². The molecule has 1 saturated heterocycles. The van der Waals surface area contributed by atoms with Gasteiger partial charge in [0.1, 0.15) is 5.75 Å². The van der Waals surface area contributed by atoms with Gasteiger partial charge in [0.05, 0.1) is 12.1 Å². The van der Waals surface area contributed by atoms with E-state index in [1.54, 1.807) is 24.3 Å². The van der Waals surface area contributed by atoms with E-state index in [2.05, 4.69) is 20.8 Å². The lowest BCUT2D eigenvalue weighted by atomic mass is 9.86. The highest BCUT2D eigenvalue weighted by atomic mass is 16.5. The number of likely N-dealkylation sites (tertiary alicyclic amines) is 1. The highest BCUT2D eigenvalue weighted by molar-refractivity contribution is 6.01. The van der Waals surface area contributed by atoms with Gasteiger partial charge in [-0.25, -0.2) is 4.79 Å². The fourth-order valence-electron chi connectivity index (χ4n) is 3.12. The zero-order chi connectivity index (χ0) is 20.5. The van der Waals surface area contributed by atoms with Gasteiger partial charge in [0.15, 0.2) is 0 Å². The summed E-state index contributed by atoms with van der Waals surface area (Å²) in [6.45, 7) is 8.57. The van der Waals surface area contributed by atoms with Crippen molar-refractivity contribution in [3.63, 3.8) is 0 Å². The molecule has 0 saturated carbocycles. The van der Waals surface area contributed by atoms with Gasteiger partial charge in [0, 0.05) is 12.8 Å². The largest absolute Gasteiger partial charge is 0.423 e. The van der Waals surface area contributed by atoms with E-state index in [0.29, 0.717) is 11.3 Å². The third-order valence-electron chi connectivity index (χ3n) is 4.93. The van der Waals surface area contributed by atoms with Crippen LogP contribution in [0.15, 0.2) is 42.5 Å². The van der Waals surface area contributed by atoms with Gasteiger partial charge < -0.3 is 4.74 Å². The highest BCUT2D eigenvalue weighted by Crippen LogP contribution is 2.28. The smallest absolute Gasteiger partial charge is 0.343 e. The molecule has 0 N–H and O–H groups in total. The molecule has 3 rings (SSSR count). The number of amides is 2. The number of carbonyl (C=O) groups excluding carboxylic acids is 3. The Kier molecular flexibility index (Phi) is 5.36. The van der Waals surface area contributed by atoms with Gasteiger partial charge in [-0.3, -0.25) is 14.5 Å². The minimum absolute atomic E-state index is 0.0290. The topological polar surface area (TPSA) is 63.7 Å². The molecular weight excluding hydrogens is 354 g/mol. The fourth-order valence-corrected chi connectivity index (χ4v) is 3.12. The van der Waals surface area contributed by atoms with Crippen molar-refractivity contribution in [2.45, 2.75) is 52.5 Å². The lowest BCUT2D eigenvalue weighted by Gasteiger charge is -2.20. The summed E-state index contributed by atoms with van der Waals surface area (Å²) in [6.07, 6.45) is 0.549. The first-order valence-corrected chi connectivity index (χ1v) is 9.40. The zero-order valence-corrected chi connectivity index (χ0v) is 16.7. The van der Waals surface area contributed by atoms with Crippen LogP contribution in [-0.2, 0) is 21.5 Å². The zero-order valence-electron chi connectivity index (χ0n) is 16.7. The van der Waals surface area contributed by atoms with Crippen LogP contribution in [0.1, 0.15) is 60.7 Å². The normalized spacial score (nSPS) is 14.5. The number of carbonyl (C=O) groups is 3. The number of imide groups is 1. The number of hydrogen-bond donors (Lipinski definition) is 0. The summed E-state index contributed by atoms with van der Waals surface area (Å²) in [4.78, 5) is 37.2. The fraction of sp³-hybridized carbons (Fsp3) is 0.348. The Hall–Kier alpha value is -2.95. The second-order valence-electron chi connectivity index (χ2n) is 8.19. The van der Waals surface area contributed by atoms with Gasteiger partial charge in [0.25, 0.3) is 0 Å². The lowest BCUT2D eigenvalue weighted by molar-refractivity contribution is -0.139. The van der Waals surface area contributed by atoms with Crippen LogP contribution in [0.5, 0.6) is 5.75 Å². The van der Waals surface area contributed by atoms with Crippen molar-refractivity contribution in [3.8, 4) is 5.75 Å². The minimum Gasteiger partial charge on any atom is -0.423 e. The van der Waals surface area contributed by atoms with E-state index in [1.165, 1.54) is 10.5 Å². The lowest BCUT2D eigenvalue weighted by Crippen LogP contribution is -2.28. The van der Waals surface area contributed by atoms with Gasteiger partial charge in [-0.05, 0) is 47.2 Å². The molecule has 2 amide bonds. The van der Waals surface area contributed by atoms with E-state index in [-0.39, 0.29) is 36.6 Å². The molecule has 0 aromatic heterocycles. The standard InChI is InChI=1S/C23H25NO4/c1-15-13-18(23(2,3)4)9-10-19(15)28-22(27)17-7-5-16(6-8-17)14-24-20(25)11-12-21(24)26/h5-10,13H,11-12,14H2,1-4H3. The number of nitrogens with zero attached hydrogens (tertiary/aromatic N) is 1. The third-order valence-corrected chi connectivity index (χ3v) is 4.93. The molecule has 2 aromatic carbocycles. The molecule has 1 heterocycles. The Labute approximate surface area is 165 Å². The first kappa shape index (κ1) is 19.8. The number of ether oxygens (including phenoxy) is 1. The van der Waals surface area contributed by atoms with Gasteiger partial charge in [-0.2, -0.15) is 0 Å². The van der Waals surface area contributed by atoms with E-state index < -0.39 is 5.97 Å². The Morgan fingerprint density at radius 2 is 1.61 bits per heavy atom. The Balaban J connectivity index is 1.68. The van der Waals surface area contributed by atoms with Gasteiger partial charge in [-0.15, -0.1) is 0 Å². The van der Waals surface area contributed by atoms with Crippen molar-refractivity contribution in [1.82, 2.24) is 4.90 Å². The molecule has 1 aliphatic heterocycles. The Morgan fingerprint density at radius 3 is 2.14 bits per heavy atom. The van der Waals surface area contributed by atoms with Crippen LogP contribution in [0.25, 0.3) is 0 Å². The summed E-state index contributed by atoms with van der Waals surface area (Å²) >= 11 is 0. The van der Waals surface area contributed by atoms with Crippen LogP contribution in [0.3, 0.4) is 0 Å². The summed E-state index contributed by atoms with van der Waals surface area (Å²) in [7, 11) is 0. The number of rotatable bonds is 4. The highest BCUT2D eigenvalue weighted by Gasteiger charge is 2.28. The molecule has 5 heteroatoms. The molecule has 0 spiro atoms. The van der Waals surface area contributed by atoms with E-state index in [4.69, 9.17) is 4.74 Å². The number of esters is 1. The van der Waals surface area contributed by atoms with Crippen LogP contribution < -0.4 is 4.74 Å². The molecule has 28 heavy (non-hydrogen) atoms. The summed E-state index contributed by atoms with van der Waals surface area (Å²) in [6, 6.07) is 12.6. The van der Waals surface area contributed by atoms with E-state index in [1.807, 2.05) is 25.1 Å². The summed E-state index contributed by atoms with van der Waals surface area (Å²) in [5, 5.41) is 0. The van der Waals surface area contributed by atoms with Crippen molar-refractivity contribution in [2.75, 3.05) is 0 Å². The maximum absolute atomic E-state index is 12.5. The van der Waals surface area contributed by atoms with Gasteiger partial charge in [0.2, 0.25) is 11.8 Å². The molecule has 0 atom stereocenters. The molecule has 1 aliphatic rings. The summed E-state index contributed by atoms with van der Waals surface area (Å²) in [5.41, 5.74) is 3.33. The quantitative estimate of drug-likeness (QED) is 0.455. The van der Waals surface area contributed by atoms with Crippen LogP contribution in [-0.4, -0.2) is 22.7 Å². The number of hydrogen-bond acceptors (Lipinski definition) is 4. The monoisotopic (exact) mass is 379 g/mol. The second-order valence-corrected chi connectivity index (χ2v) is 8.19. The SMILES string of the molecule is Cc1cc(C(C)(C)C)ccc1OC(=O)c1ccc(CN2C(=O)CCC2=O)cc1. The van der Waals surface area contributed by atoms with Gasteiger partial charge >= 0.3 is 5.97 Å². The average molecular weight is 379 g/mol. The Bertz CT molecular complexity index is 907. The van der Waals surface area contributed by atoms with Crippen LogP contribution in [0.4, 0.5) is 0 Å². The molecule has 0 bridgehead atoms. The molecule has 5 nitrogen and oxygen atoms in total. The van der Waals surface area contributed by atoms with Crippen LogP contribution in [0.2, 0.25) is 0 Å². The van der Waals surface area contributed by atoms with Crippen LogP contribution in [0, 0.1) is 6.92 Å². The van der Waals surface area contributed by atoms with E-state index in [9.17, 15) is 14.4 Å². The molecule has 0 radical (unpaired) electrons. The van der Waals surface area contributed by atoms with Crippen molar-refractivity contribution in [3.05, 3.63) is 64.7 Å². The van der Waals surface area contributed by atoms with Crippen molar-refractivity contribution >= 4 is 17.8 Å². The van der Waals surface area contributed by atoms with E-state index in [0.717, 1.165) is 11.1 Å². The maximum atomic E-state index is 12.5. The van der Waals surface area contributed by atoms with E-state index >= 15 is 0 Å². The molecule has 0 unspecified atom stereocenters. The molecule has 2 aromatic rings.